The molecule has 1 aliphatic rings. The van der Waals surface area contributed by atoms with Gasteiger partial charge in [0.25, 0.3) is 5.91 Å². The molecule has 0 atom stereocenters. The molecule has 0 aromatic heterocycles. The first-order valence-electron chi connectivity index (χ1n) is 7.63. The van der Waals surface area contributed by atoms with Crippen LogP contribution in [0.5, 0.6) is 0 Å². The van der Waals surface area contributed by atoms with Crippen molar-refractivity contribution in [2.45, 2.75) is 6.92 Å². The van der Waals surface area contributed by atoms with Crippen molar-refractivity contribution in [3.8, 4) is 0 Å². The van der Waals surface area contributed by atoms with Gasteiger partial charge < -0.3 is 15.5 Å². The summed E-state index contributed by atoms with van der Waals surface area (Å²) >= 11 is 0. The van der Waals surface area contributed by atoms with Gasteiger partial charge in [0.1, 0.15) is 0 Å². The number of anilines is 2. The van der Waals surface area contributed by atoms with Gasteiger partial charge in [0.15, 0.2) is 0 Å². The quantitative estimate of drug-likeness (QED) is 0.913. The fourth-order valence-corrected chi connectivity index (χ4v) is 2.72. The van der Waals surface area contributed by atoms with Gasteiger partial charge in [-0.1, -0.05) is 30.3 Å². The minimum Gasteiger partial charge on any atom is -0.359 e. The number of para-hydroxylation sites is 2. The van der Waals surface area contributed by atoms with Gasteiger partial charge in [-0.05, 0) is 30.7 Å². The van der Waals surface area contributed by atoms with Gasteiger partial charge in [-0.25, -0.2) is 0 Å². The van der Waals surface area contributed by atoms with E-state index in [1.807, 2.05) is 60.4 Å². The molecule has 5 nitrogen and oxygen atoms in total. The van der Waals surface area contributed by atoms with Gasteiger partial charge >= 0.3 is 0 Å². The lowest BCUT2D eigenvalue weighted by Crippen LogP contribution is -2.47. The summed E-state index contributed by atoms with van der Waals surface area (Å²) in [6, 6.07) is 15.0. The molecule has 3 rings (SSSR count). The third-order valence-corrected chi connectivity index (χ3v) is 3.92. The topological polar surface area (TPSA) is 61.4 Å². The van der Waals surface area contributed by atoms with Crippen molar-refractivity contribution in [2.75, 3.05) is 29.9 Å². The molecule has 5 heteroatoms. The van der Waals surface area contributed by atoms with Crippen molar-refractivity contribution < 1.29 is 9.59 Å². The van der Waals surface area contributed by atoms with E-state index >= 15 is 0 Å². The maximum absolute atomic E-state index is 12.5. The molecule has 23 heavy (non-hydrogen) atoms. The van der Waals surface area contributed by atoms with Crippen LogP contribution in [0.2, 0.25) is 0 Å². The van der Waals surface area contributed by atoms with Crippen LogP contribution in [0.1, 0.15) is 15.9 Å². The molecule has 2 N–H and O–H groups in total. The number of hydrogen-bond donors (Lipinski definition) is 2. The van der Waals surface area contributed by atoms with Crippen molar-refractivity contribution in [3.63, 3.8) is 0 Å². The fraction of sp³-hybridized carbons (Fsp3) is 0.222. The predicted octanol–water partition coefficient (Wildman–Crippen LogP) is 2.18. The van der Waals surface area contributed by atoms with Gasteiger partial charge in [0, 0.05) is 18.7 Å². The van der Waals surface area contributed by atoms with E-state index in [4.69, 9.17) is 0 Å². The smallest absolute Gasteiger partial charge is 0.255 e. The summed E-state index contributed by atoms with van der Waals surface area (Å²) in [6.07, 6.45) is 0. The molecule has 118 valence electrons. The summed E-state index contributed by atoms with van der Waals surface area (Å²) in [5.74, 6) is -0.145. The Morgan fingerprint density at radius 1 is 1.13 bits per heavy atom. The second-order valence-corrected chi connectivity index (χ2v) is 5.56. The third-order valence-electron chi connectivity index (χ3n) is 3.92. The largest absolute Gasteiger partial charge is 0.359 e. The van der Waals surface area contributed by atoms with Gasteiger partial charge in [-0.15, -0.1) is 0 Å². The first-order chi connectivity index (χ1) is 11.1. The molecular formula is C18H19N3O2. The standard InChI is InChI=1S/C18H19N3O2/c1-13-6-2-3-7-14(13)18(23)20-15-8-4-5-9-16(15)21-11-10-19-17(22)12-21/h2-9H,10-12H2,1H3,(H,19,22)(H,20,23). The van der Waals surface area contributed by atoms with E-state index in [0.29, 0.717) is 18.7 Å². The number of rotatable bonds is 3. The van der Waals surface area contributed by atoms with Gasteiger partial charge in [-0.2, -0.15) is 0 Å². The SMILES string of the molecule is Cc1ccccc1C(=O)Nc1ccccc1N1CCNC(=O)C1. The zero-order valence-corrected chi connectivity index (χ0v) is 13.0. The van der Waals surface area contributed by atoms with Crippen molar-refractivity contribution in [2.24, 2.45) is 0 Å². The van der Waals surface area contributed by atoms with E-state index in [1.165, 1.54) is 0 Å². The van der Waals surface area contributed by atoms with Crippen LogP contribution in [-0.4, -0.2) is 31.4 Å². The van der Waals surface area contributed by atoms with Crippen molar-refractivity contribution >= 4 is 23.2 Å². The van der Waals surface area contributed by atoms with E-state index < -0.39 is 0 Å². The molecule has 1 heterocycles. The number of aryl methyl sites for hydroxylation is 1. The number of benzene rings is 2. The molecular weight excluding hydrogens is 290 g/mol. The highest BCUT2D eigenvalue weighted by molar-refractivity contribution is 6.07. The zero-order valence-electron chi connectivity index (χ0n) is 13.0. The highest BCUT2D eigenvalue weighted by Crippen LogP contribution is 2.26. The Morgan fingerprint density at radius 2 is 1.87 bits per heavy atom. The number of carbonyl (C=O) groups excluding carboxylic acids is 2. The highest BCUT2D eigenvalue weighted by Gasteiger charge is 2.20. The number of piperazine rings is 1. The Balaban J connectivity index is 1.85. The number of nitrogens with one attached hydrogen (secondary N) is 2. The van der Waals surface area contributed by atoms with E-state index in [2.05, 4.69) is 10.6 Å². The minimum atomic E-state index is -0.142. The van der Waals surface area contributed by atoms with Crippen LogP contribution in [0, 0.1) is 6.92 Å². The first kappa shape index (κ1) is 15.1. The van der Waals surface area contributed by atoms with E-state index in [-0.39, 0.29) is 11.8 Å². The van der Waals surface area contributed by atoms with Crippen LogP contribution in [0.15, 0.2) is 48.5 Å². The molecule has 2 amide bonds. The molecule has 0 bridgehead atoms. The second kappa shape index (κ2) is 6.52. The van der Waals surface area contributed by atoms with Crippen molar-refractivity contribution in [1.29, 1.82) is 0 Å². The lowest BCUT2D eigenvalue weighted by molar-refractivity contribution is -0.120. The summed E-state index contributed by atoms with van der Waals surface area (Å²) in [5, 5.41) is 5.77. The summed E-state index contributed by atoms with van der Waals surface area (Å²) in [5.41, 5.74) is 3.17. The van der Waals surface area contributed by atoms with Crippen LogP contribution >= 0.6 is 0 Å². The molecule has 0 saturated carbocycles. The maximum Gasteiger partial charge on any atom is 0.255 e. The molecule has 1 aliphatic heterocycles. The average molecular weight is 309 g/mol. The van der Waals surface area contributed by atoms with Crippen molar-refractivity contribution in [3.05, 3.63) is 59.7 Å². The molecule has 2 aromatic carbocycles. The van der Waals surface area contributed by atoms with Gasteiger partial charge in [0.2, 0.25) is 5.91 Å². The third kappa shape index (κ3) is 3.34. The summed E-state index contributed by atoms with van der Waals surface area (Å²) in [7, 11) is 0. The molecule has 1 fully saturated rings. The lowest BCUT2D eigenvalue weighted by Gasteiger charge is -2.30. The number of carbonyl (C=O) groups is 2. The Labute approximate surface area is 135 Å². The fourth-order valence-electron chi connectivity index (χ4n) is 2.72. The Kier molecular flexibility index (Phi) is 4.28. The maximum atomic E-state index is 12.5. The zero-order chi connectivity index (χ0) is 16.2. The Hall–Kier alpha value is -2.82. The highest BCUT2D eigenvalue weighted by atomic mass is 16.2. The average Bonchev–Trinajstić information content (AvgIpc) is 2.55. The minimum absolute atomic E-state index is 0.00344. The van der Waals surface area contributed by atoms with E-state index in [0.717, 1.165) is 23.5 Å². The monoisotopic (exact) mass is 309 g/mol. The lowest BCUT2D eigenvalue weighted by atomic mass is 10.1. The number of amides is 2. The predicted molar refractivity (Wildman–Crippen MR) is 90.8 cm³/mol. The number of hydrogen-bond acceptors (Lipinski definition) is 3. The molecule has 2 aromatic rings. The van der Waals surface area contributed by atoms with Crippen LogP contribution in [0.3, 0.4) is 0 Å². The molecule has 1 saturated heterocycles. The molecule has 0 unspecified atom stereocenters. The van der Waals surface area contributed by atoms with Gasteiger partial charge in [0.05, 0.1) is 17.9 Å². The normalized spacial score (nSPS) is 14.3. The van der Waals surface area contributed by atoms with Crippen LogP contribution < -0.4 is 15.5 Å². The van der Waals surface area contributed by atoms with E-state index in [9.17, 15) is 9.59 Å². The number of nitrogens with zero attached hydrogens (tertiary/aromatic N) is 1. The Morgan fingerprint density at radius 3 is 2.65 bits per heavy atom. The summed E-state index contributed by atoms with van der Waals surface area (Å²) < 4.78 is 0. The van der Waals surface area contributed by atoms with Gasteiger partial charge in [-0.3, -0.25) is 9.59 Å². The molecule has 0 aliphatic carbocycles. The first-order valence-corrected chi connectivity index (χ1v) is 7.63. The van der Waals surface area contributed by atoms with Crippen LogP contribution in [0.25, 0.3) is 0 Å². The van der Waals surface area contributed by atoms with Crippen LogP contribution in [0.4, 0.5) is 11.4 Å². The summed E-state index contributed by atoms with van der Waals surface area (Å²) in [4.78, 5) is 26.1. The van der Waals surface area contributed by atoms with Crippen molar-refractivity contribution in [1.82, 2.24) is 5.32 Å². The van der Waals surface area contributed by atoms with Crippen LogP contribution in [-0.2, 0) is 4.79 Å². The molecule has 0 radical (unpaired) electrons. The Bertz CT molecular complexity index is 743. The van der Waals surface area contributed by atoms with E-state index in [1.54, 1.807) is 0 Å². The second-order valence-electron chi connectivity index (χ2n) is 5.56. The summed E-state index contributed by atoms with van der Waals surface area (Å²) in [6.45, 7) is 3.55. The molecule has 0 spiro atoms.